The summed E-state index contributed by atoms with van der Waals surface area (Å²) in [5, 5.41) is 2.60. The SMILES string of the molecule is O=C(COC(=O)/C=C/c1ccc(Br)o1)Nc1ccc2c(c1)OCO2. The summed E-state index contributed by atoms with van der Waals surface area (Å²) in [4.78, 5) is 23.3. The minimum Gasteiger partial charge on any atom is -0.454 e. The minimum atomic E-state index is -0.650. The first-order valence-corrected chi connectivity index (χ1v) is 7.69. The Morgan fingerprint density at radius 1 is 1.21 bits per heavy atom. The molecule has 2 aromatic rings. The number of nitrogens with one attached hydrogen (secondary N) is 1. The fourth-order valence-corrected chi connectivity index (χ4v) is 2.24. The molecule has 24 heavy (non-hydrogen) atoms. The molecule has 0 bridgehead atoms. The summed E-state index contributed by atoms with van der Waals surface area (Å²) in [6.07, 6.45) is 2.63. The van der Waals surface area contributed by atoms with Crippen molar-refractivity contribution in [3.63, 3.8) is 0 Å². The third-order valence-corrected chi connectivity index (χ3v) is 3.41. The Balaban J connectivity index is 1.46. The lowest BCUT2D eigenvalue weighted by molar-refractivity contribution is -0.142. The number of anilines is 1. The Bertz CT molecular complexity index is 798. The van der Waals surface area contributed by atoms with Gasteiger partial charge < -0.3 is 23.9 Å². The number of hydrogen-bond acceptors (Lipinski definition) is 6. The lowest BCUT2D eigenvalue weighted by atomic mass is 10.3. The van der Waals surface area contributed by atoms with E-state index in [9.17, 15) is 9.59 Å². The number of halogens is 1. The molecule has 1 aliphatic rings. The number of amides is 1. The molecule has 0 fully saturated rings. The fourth-order valence-electron chi connectivity index (χ4n) is 1.92. The van der Waals surface area contributed by atoms with Gasteiger partial charge in [-0.15, -0.1) is 0 Å². The first kappa shape index (κ1) is 16.1. The molecular formula is C16H12BrNO6. The lowest BCUT2D eigenvalue weighted by Gasteiger charge is -2.06. The van der Waals surface area contributed by atoms with Gasteiger partial charge in [-0.2, -0.15) is 0 Å². The zero-order valence-corrected chi connectivity index (χ0v) is 13.9. The summed E-state index contributed by atoms with van der Waals surface area (Å²) in [7, 11) is 0. The molecule has 0 radical (unpaired) electrons. The van der Waals surface area contributed by atoms with Gasteiger partial charge in [-0.1, -0.05) is 0 Å². The molecule has 0 unspecified atom stereocenters. The van der Waals surface area contributed by atoms with Crippen molar-refractivity contribution in [3.8, 4) is 11.5 Å². The molecule has 1 aromatic heterocycles. The quantitative estimate of drug-likeness (QED) is 0.620. The van der Waals surface area contributed by atoms with Gasteiger partial charge in [0.2, 0.25) is 6.79 Å². The van der Waals surface area contributed by atoms with Crippen molar-refractivity contribution in [2.45, 2.75) is 0 Å². The maximum absolute atomic E-state index is 11.8. The lowest BCUT2D eigenvalue weighted by Crippen LogP contribution is -2.20. The Morgan fingerprint density at radius 2 is 2.04 bits per heavy atom. The van der Waals surface area contributed by atoms with Crippen LogP contribution in [0.3, 0.4) is 0 Å². The van der Waals surface area contributed by atoms with Gasteiger partial charge in [0, 0.05) is 17.8 Å². The van der Waals surface area contributed by atoms with E-state index >= 15 is 0 Å². The van der Waals surface area contributed by atoms with E-state index in [4.69, 9.17) is 18.6 Å². The van der Waals surface area contributed by atoms with Crippen LogP contribution < -0.4 is 14.8 Å². The molecule has 8 heteroatoms. The molecule has 1 N–H and O–H groups in total. The Kier molecular flexibility index (Phi) is 4.85. The predicted molar refractivity (Wildman–Crippen MR) is 87.6 cm³/mol. The highest BCUT2D eigenvalue weighted by Gasteiger charge is 2.14. The number of esters is 1. The van der Waals surface area contributed by atoms with E-state index < -0.39 is 18.5 Å². The van der Waals surface area contributed by atoms with Gasteiger partial charge in [0.05, 0.1) is 0 Å². The number of carbonyl (C=O) groups excluding carboxylic acids is 2. The van der Waals surface area contributed by atoms with Crippen LogP contribution in [0.25, 0.3) is 6.08 Å². The molecule has 0 saturated carbocycles. The maximum atomic E-state index is 11.8. The molecule has 2 heterocycles. The third-order valence-electron chi connectivity index (χ3n) is 2.98. The predicted octanol–water partition coefficient (Wildman–Crippen LogP) is 2.97. The first-order chi connectivity index (χ1) is 11.6. The maximum Gasteiger partial charge on any atom is 0.331 e. The van der Waals surface area contributed by atoms with Crippen molar-refractivity contribution in [1.82, 2.24) is 0 Å². The summed E-state index contributed by atoms with van der Waals surface area (Å²) < 4.78 is 21.0. The fraction of sp³-hybridized carbons (Fsp3) is 0.125. The van der Waals surface area contributed by atoms with Crippen LogP contribution in [0.1, 0.15) is 5.76 Å². The second-order valence-corrected chi connectivity index (χ2v) is 5.48. The normalized spacial score (nSPS) is 12.4. The molecule has 1 aromatic carbocycles. The smallest absolute Gasteiger partial charge is 0.331 e. The van der Waals surface area contributed by atoms with Gasteiger partial charge >= 0.3 is 5.97 Å². The summed E-state index contributed by atoms with van der Waals surface area (Å²) >= 11 is 3.15. The van der Waals surface area contributed by atoms with Crippen LogP contribution in [-0.4, -0.2) is 25.3 Å². The topological polar surface area (TPSA) is 87.0 Å². The van der Waals surface area contributed by atoms with Gasteiger partial charge in [-0.3, -0.25) is 4.79 Å². The second kappa shape index (κ2) is 7.22. The van der Waals surface area contributed by atoms with E-state index in [0.29, 0.717) is 27.6 Å². The molecule has 0 atom stereocenters. The zero-order valence-electron chi connectivity index (χ0n) is 12.3. The number of benzene rings is 1. The van der Waals surface area contributed by atoms with E-state index in [2.05, 4.69) is 21.2 Å². The number of carbonyl (C=O) groups is 2. The van der Waals surface area contributed by atoms with Crippen LogP contribution in [0.5, 0.6) is 11.5 Å². The molecule has 0 aliphatic carbocycles. The molecule has 124 valence electrons. The summed E-state index contributed by atoms with van der Waals surface area (Å²) in [6.45, 7) is -0.248. The van der Waals surface area contributed by atoms with E-state index in [1.807, 2.05) is 0 Å². The zero-order chi connectivity index (χ0) is 16.9. The Labute approximate surface area is 145 Å². The molecule has 0 spiro atoms. The molecular weight excluding hydrogens is 382 g/mol. The number of rotatable bonds is 5. The van der Waals surface area contributed by atoms with Crippen molar-refractivity contribution >= 4 is 39.6 Å². The second-order valence-electron chi connectivity index (χ2n) is 4.70. The van der Waals surface area contributed by atoms with E-state index in [1.54, 1.807) is 30.3 Å². The highest BCUT2D eigenvalue weighted by atomic mass is 79.9. The van der Waals surface area contributed by atoms with Gasteiger partial charge in [-0.25, -0.2) is 4.79 Å². The summed E-state index contributed by atoms with van der Waals surface area (Å²) in [6, 6.07) is 8.37. The molecule has 1 amide bonds. The van der Waals surface area contributed by atoms with E-state index in [-0.39, 0.29) is 6.79 Å². The highest BCUT2D eigenvalue weighted by Crippen LogP contribution is 2.34. The minimum absolute atomic E-state index is 0.156. The van der Waals surface area contributed by atoms with Crippen LogP contribution in [0.15, 0.2) is 45.5 Å². The summed E-state index contributed by atoms with van der Waals surface area (Å²) in [5.41, 5.74) is 0.524. The van der Waals surface area contributed by atoms with Crippen molar-refractivity contribution in [3.05, 3.63) is 46.8 Å². The number of ether oxygens (including phenoxy) is 3. The molecule has 1 aliphatic heterocycles. The van der Waals surface area contributed by atoms with Crippen LogP contribution in [-0.2, 0) is 14.3 Å². The van der Waals surface area contributed by atoms with E-state index in [1.165, 1.54) is 12.2 Å². The molecule has 0 saturated heterocycles. The van der Waals surface area contributed by atoms with Crippen molar-refractivity contribution in [1.29, 1.82) is 0 Å². The van der Waals surface area contributed by atoms with Gasteiger partial charge in [0.1, 0.15) is 5.76 Å². The first-order valence-electron chi connectivity index (χ1n) is 6.90. The van der Waals surface area contributed by atoms with Gasteiger partial charge in [0.25, 0.3) is 5.91 Å². The molecule has 3 rings (SSSR count). The Hall–Kier alpha value is -2.74. The van der Waals surface area contributed by atoms with Gasteiger partial charge in [0.15, 0.2) is 22.8 Å². The summed E-state index contributed by atoms with van der Waals surface area (Å²) in [5.74, 6) is 0.551. The Morgan fingerprint density at radius 3 is 2.83 bits per heavy atom. The average Bonchev–Trinajstić information content (AvgIpc) is 3.19. The average molecular weight is 394 g/mol. The van der Waals surface area contributed by atoms with Crippen molar-refractivity contribution in [2.75, 3.05) is 18.7 Å². The van der Waals surface area contributed by atoms with Crippen LogP contribution in [0.4, 0.5) is 5.69 Å². The third kappa shape index (κ3) is 4.17. The number of hydrogen-bond donors (Lipinski definition) is 1. The van der Waals surface area contributed by atoms with Crippen LogP contribution in [0, 0.1) is 0 Å². The van der Waals surface area contributed by atoms with Crippen molar-refractivity contribution in [2.24, 2.45) is 0 Å². The van der Waals surface area contributed by atoms with Crippen LogP contribution in [0.2, 0.25) is 0 Å². The van der Waals surface area contributed by atoms with Gasteiger partial charge in [-0.05, 0) is 46.3 Å². The highest BCUT2D eigenvalue weighted by molar-refractivity contribution is 9.10. The monoisotopic (exact) mass is 393 g/mol. The van der Waals surface area contributed by atoms with Crippen LogP contribution >= 0.6 is 15.9 Å². The number of furan rings is 1. The number of fused-ring (bicyclic) bond motifs is 1. The van der Waals surface area contributed by atoms with Crippen molar-refractivity contribution < 1.29 is 28.2 Å². The molecule has 7 nitrogen and oxygen atoms in total. The van der Waals surface area contributed by atoms with E-state index in [0.717, 1.165) is 0 Å². The standard InChI is InChI=1S/C16H12BrNO6/c17-14-5-2-11(24-14)3-6-16(20)21-8-15(19)18-10-1-4-12-13(7-10)23-9-22-12/h1-7H,8-9H2,(H,18,19)/b6-3+. The largest absolute Gasteiger partial charge is 0.454 e.